The molecule has 1 aromatic carbocycles. The van der Waals surface area contributed by atoms with Gasteiger partial charge in [0, 0.05) is 24.7 Å². The number of furan rings is 1. The van der Waals surface area contributed by atoms with E-state index in [0.717, 1.165) is 5.69 Å². The zero-order valence-corrected chi connectivity index (χ0v) is 16.5. The summed E-state index contributed by atoms with van der Waals surface area (Å²) in [6.45, 7) is 0.963. The molecule has 29 heavy (non-hydrogen) atoms. The number of nitrogens with zero attached hydrogens (tertiary/aromatic N) is 4. The zero-order valence-electron chi connectivity index (χ0n) is 16.5. The van der Waals surface area contributed by atoms with Crippen LogP contribution in [0.3, 0.4) is 0 Å². The summed E-state index contributed by atoms with van der Waals surface area (Å²) < 4.78 is 21.2. The standard InChI is InChI=1S/C20H22N4O5/c1-23(12-18-21-19(22-29-18)17-5-4-8-28-17)16-6-7-24(20(16)25)13-9-14(26-2)11-15(10-13)27-3/h4-5,8-11,16H,6-7,12H2,1-3H3. The van der Waals surface area contributed by atoms with Gasteiger partial charge in [-0.15, -0.1) is 0 Å². The molecule has 1 aliphatic rings. The lowest BCUT2D eigenvalue weighted by atomic mass is 10.2. The minimum absolute atomic E-state index is 0.00794. The molecule has 0 aliphatic carbocycles. The molecule has 3 aromatic rings. The third-order valence-electron chi connectivity index (χ3n) is 4.95. The van der Waals surface area contributed by atoms with E-state index >= 15 is 0 Å². The number of carbonyl (C=O) groups excluding carboxylic acids is 1. The number of ether oxygens (including phenoxy) is 2. The Morgan fingerprint density at radius 2 is 2.00 bits per heavy atom. The highest BCUT2D eigenvalue weighted by atomic mass is 16.5. The Balaban J connectivity index is 1.46. The summed E-state index contributed by atoms with van der Waals surface area (Å²) in [5.41, 5.74) is 0.750. The Hall–Kier alpha value is -3.33. The van der Waals surface area contributed by atoms with E-state index < -0.39 is 0 Å². The first kappa shape index (κ1) is 19.0. The fraction of sp³-hybridized carbons (Fsp3) is 0.350. The molecule has 3 heterocycles. The number of benzene rings is 1. The molecule has 152 valence electrons. The van der Waals surface area contributed by atoms with Gasteiger partial charge in [-0.1, -0.05) is 5.16 Å². The fourth-order valence-electron chi connectivity index (χ4n) is 3.43. The van der Waals surface area contributed by atoms with E-state index in [-0.39, 0.29) is 11.9 Å². The van der Waals surface area contributed by atoms with Crippen molar-refractivity contribution in [1.29, 1.82) is 0 Å². The maximum Gasteiger partial charge on any atom is 0.244 e. The summed E-state index contributed by atoms with van der Waals surface area (Å²) >= 11 is 0. The normalized spacial score (nSPS) is 16.6. The minimum atomic E-state index is -0.286. The molecule has 0 radical (unpaired) electrons. The first-order valence-electron chi connectivity index (χ1n) is 9.20. The Morgan fingerprint density at radius 3 is 2.66 bits per heavy atom. The number of likely N-dealkylation sites (N-methyl/N-ethyl adjacent to an activating group) is 1. The van der Waals surface area contributed by atoms with Crippen LogP contribution in [-0.4, -0.2) is 54.8 Å². The maximum atomic E-state index is 13.0. The van der Waals surface area contributed by atoms with Crippen molar-refractivity contribution in [2.75, 3.05) is 32.7 Å². The van der Waals surface area contributed by atoms with Crippen LogP contribution in [0.15, 0.2) is 45.5 Å². The lowest BCUT2D eigenvalue weighted by Crippen LogP contribution is -2.39. The molecular weight excluding hydrogens is 376 g/mol. The van der Waals surface area contributed by atoms with E-state index in [1.807, 2.05) is 24.1 Å². The van der Waals surface area contributed by atoms with Crippen LogP contribution in [0.25, 0.3) is 11.6 Å². The van der Waals surface area contributed by atoms with Crippen LogP contribution < -0.4 is 14.4 Å². The number of rotatable bonds is 7. The van der Waals surface area contributed by atoms with Gasteiger partial charge in [-0.25, -0.2) is 0 Å². The van der Waals surface area contributed by atoms with Gasteiger partial charge in [0.05, 0.1) is 38.8 Å². The van der Waals surface area contributed by atoms with Gasteiger partial charge < -0.3 is 23.3 Å². The number of hydrogen-bond acceptors (Lipinski definition) is 8. The van der Waals surface area contributed by atoms with Gasteiger partial charge in [-0.3, -0.25) is 9.69 Å². The van der Waals surface area contributed by atoms with Crippen LogP contribution in [0.2, 0.25) is 0 Å². The molecule has 2 aromatic heterocycles. The van der Waals surface area contributed by atoms with Crippen molar-refractivity contribution >= 4 is 11.6 Å². The quantitative estimate of drug-likeness (QED) is 0.599. The van der Waals surface area contributed by atoms with Crippen molar-refractivity contribution in [3.63, 3.8) is 0 Å². The number of amides is 1. The van der Waals surface area contributed by atoms with Gasteiger partial charge in [-0.2, -0.15) is 4.98 Å². The molecule has 0 saturated carbocycles. The summed E-state index contributed by atoms with van der Waals surface area (Å²) in [6, 6.07) is 8.68. The zero-order chi connectivity index (χ0) is 20.4. The molecular formula is C20H22N4O5. The summed E-state index contributed by atoms with van der Waals surface area (Å²) in [7, 11) is 5.04. The van der Waals surface area contributed by atoms with E-state index in [2.05, 4.69) is 10.1 Å². The maximum absolute atomic E-state index is 13.0. The highest BCUT2D eigenvalue weighted by Crippen LogP contribution is 2.32. The molecule has 9 heteroatoms. The summed E-state index contributed by atoms with van der Waals surface area (Å²) in [6.07, 6.45) is 2.24. The fourth-order valence-corrected chi connectivity index (χ4v) is 3.43. The topological polar surface area (TPSA) is 94.1 Å². The van der Waals surface area contributed by atoms with Gasteiger partial charge in [-0.05, 0) is 25.6 Å². The van der Waals surface area contributed by atoms with Crippen LogP contribution in [0, 0.1) is 0 Å². The van der Waals surface area contributed by atoms with E-state index in [1.54, 1.807) is 43.6 Å². The van der Waals surface area contributed by atoms with Gasteiger partial charge >= 0.3 is 0 Å². The largest absolute Gasteiger partial charge is 0.497 e. The summed E-state index contributed by atoms with van der Waals surface area (Å²) in [5.74, 6) is 2.64. The Labute approximate surface area is 167 Å². The van der Waals surface area contributed by atoms with Crippen molar-refractivity contribution in [1.82, 2.24) is 15.0 Å². The highest BCUT2D eigenvalue weighted by molar-refractivity contribution is 5.99. The SMILES string of the molecule is COc1cc(OC)cc(N2CCC(N(C)Cc3nc(-c4ccco4)no3)C2=O)c1. The number of carbonyl (C=O) groups is 1. The Kier molecular flexibility index (Phi) is 5.22. The molecule has 1 aliphatic heterocycles. The Morgan fingerprint density at radius 1 is 1.24 bits per heavy atom. The lowest BCUT2D eigenvalue weighted by Gasteiger charge is -2.23. The van der Waals surface area contributed by atoms with Crippen LogP contribution in [0.4, 0.5) is 5.69 Å². The molecule has 1 amide bonds. The monoisotopic (exact) mass is 398 g/mol. The molecule has 0 N–H and O–H groups in total. The van der Waals surface area contributed by atoms with Crippen molar-refractivity contribution < 1.29 is 23.2 Å². The minimum Gasteiger partial charge on any atom is -0.497 e. The molecule has 4 rings (SSSR count). The molecule has 0 spiro atoms. The van der Waals surface area contributed by atoms with E-state index in [4.69, 9.17) is 18.4 Å². The van der Waals surface area contributed by atoms with Crippen molar-refractivity contribution in [2.45, 2.75) is 19.0 Å². The molecule has 1 unspecified atom stereocenters. The van der Waals surface area contributed by atoms with Gasteiger partial charge in [0.2, 0.25) is 17.6 Å². The van der Waals surface area contributed by atoms with Crippen molar-refractivity contribution in [3.8, 4) is 23.1 Å². The predicted octanol–water partition coefficient (Wildman–Crippen LogP) is 2.58. The summed E-state index contributed by atoms with van der Waals surface area (Å²) in [5, 5.41) is 3.93. The molecule has 9 nitrogen and oxygen atoms in total. The highest BCUT2D eigenvalue weighted by Gasteiger charge is 2.36. The van der Waals surface area contributed by atoms with Gasteiger partial charge in [0.1, 0.15) is 11.5 Å². The van der Waals surface area contributed by atoms with Gasteiger partial charge in [0.15, 0.2) is 5.76 Å². The number of methoxy groups -OCH3 is 2. The number of hydrogen-bond donors (Lipinski definition) is 0. The van der Waals surface area contributed by atoms with Crippen LogP contribution in [0.1, 0.15) is 12.3 Å². The predicted molar refractivity (Wildman–Crippen MR) is 104 cm³/mol. The van der Waals surface area contributed by atoms with E-state index in [9.17, 15) is 4.79 Å². The second kappa shape index (κ2) is 7.96. The molecule has 1 saturated heterocycles. The molecule has 1 atom stereocenters. The van der Waals surface area contributed by atoms with Gasteiger partial charge in [0.25, 0.3) is 0 Å². The smallest absolute Gasteiger partial charge is 0.244 e. The number of aromatic nitrogens is 2. The van der Waals surface area contributed by atoms with Crippen LogP contribution >= 0.6 is 0 Å². The lowest BCUT2D eigenvalue weighted by molar-refractivity contribution is -0.121. The van der Waals surface area contributed by atoms with Crippen LogP contribution in [-0.2, 0) is 11.3 Å². The van der Waals surface area contributed by atoms with Crippen LogP contribution in [0.5, 0.6) is 11.5 Å². The first-order valence-corrected chi connectivity index (χ1v) is 9.20. The second-order valence-corrected chi connectivity index (χ2v) is 6.77. The number of anilines is 1. The molecule has 1 fully saturated rings. The van der Waals surface area contributed by atoms with E-state index in [1.165, 1.54) is 0 Å². The second-order valence-electron chi connectivity index (χ2n) is 6.77. The average molecular weight is 398 g/mol. The molecule has 0 bridgehead atoms. The third kappa shape index (κ3) is 3.81. The van der Waals surface area contributed by atoms with Crippen molar-refractivity contribution in [3.05, 3.63) is 42.5 Å². The average Bonchev–Trinajstić information content (AvgIpc) is 3.48. The van der Waals surface area contributed by atoms with Crippen molar-refractivity contribution in [2.24, 2.45) is 0 Å². The first-order chi connectivity index (χ1) is 14.1. The Bertz CT molecular complexity index is 962. The van der Waals surface area contributed by atoms with E-state index in [0.29, 0.717) is 48.5 Å². The third-order valence-corrected chi connectivity index (χ3v) is 4.95. The summed E-state index contributed by atoms with van der Waals surface area (Å²) in [4.78, 5) is 21.1.